The van der Waals surface area contributed by atoms with E-state index < -0.39 is 28.5 Å². The molecule has 0 amide bonds. The number of halogens is 1. The van der Waals surface area contributed by atoms with Gasteiger partial charge in [-0.1, -0.05) is 6.07 Å². The summed E-state index contributed by atoms with van der Waals surface area (Å²) in [6.07, 6.45) is 1.52. The zero-order chi connectivity index (χ0) is 14.8. The van der Waals surface area contributed by atoms with E-state index in [4.69, 9.17) is 4.74 Å². The Bertz CT molecular complexity index is 570. The molecule has 1 aromatic carbocycles. The van der Waals surface area contributed by atoms with Crippen molar-refractivity contribution in [2.45, 2.75) is 43.4 Å². The van der Waals surface area contributed by atoms with Gasteiger partial charge in [-0.25, -0.2) is 17.5 Å². The fourth-order valence-electron chi connectivity index (χ4n) is 2.29. The third kappa shape index (κ3) is 3.35. The molecule has 2 unspecified atom stereocenters. The molecule has 2 N–H and O–H groups in total. The van der Waals surface area contributed by atoms with Gasteiger partial charge in [0.1, 0.15) is 5.82 Å². The average Bonchev–Trinajstić information content (AvgIpc) is 2.92. The Labute approximate surface area is 117 Å². The number of hydrogen-bond acceptors (Lipinski definition) is 4. The molecule has 0 aromatic heterocycles. The van der Waals surface area contributed by atoms with Crippen molar-refractivity contribution in [3.8, 4) is 0 Å². The molecule has 1 heterocycles. The number of ether oxygens (including phenoxy) is 1. The summed E-state index contributed by atoms with van der Waals surface area (Å²) >= 11 is 0. The van der Waals surface area contributed by atoms with Crippen LogP contribution >= 0.6 is 0 Å². The summed E-state index contributed by atoms with van der Waals surface area (Å²) in [6.45, 7) is 1.87. The van der Waals surface area contributed by atoms with Gasteiger partial charge in [-0.15, -0.1) is 0 Å². The van der Waals surface area contributed by atoms with Crippen molar-refractivity contribution < 1.29 is 22.7 Å². The molecule has 112 valence electrons. The highest BCUT2D eigenvalue weighted by Gasteiger charge is 2.28. The number of hydrogen-bond donors (Lipinski definition) is 2. The fraction of sp³-hybridized carbons (Fsp3) is 0.538. The monoisotopic (exact) mass is 303 g/mol. The summed E-state index contributed by atoms with van der Waals surface area (Å²) in [4.78, 5) is -0.232. The first-order valence-corrected chi connectivity index (χ1v) is 7.95. The average molecular weight is 303 g/mol. The summed E-state index contributed by atoms with van der Waals surface area (Å²) in [5, 5.41) is 9.18. The van der Waals surface area contributed by atoms with E-state index in [1.165, 1.54) is 6.07 Å². The van der Waals surface area contributed by atoms with E-state index in [0.717, 1.165) is 25.0 Å². The number of sulfonamides is 1. The van der Waals surface area contributed by atoms with Crippen LogP contribution in [0.2, 0.25) is 0 Å². The van der Waals surface area contributed by atoms with E-state index in [2.05, 4.69) is 4.72 Å². The van der Waals surface area contributed by atoms with Crippen LogP contribution in [0.3, 0.4) is 0 Å². The lowest BCUT2D eigenvalue weighted by molar-refractivity contribution is 0.0902. The van der Waals surface area contributed by atoms with Crippen molar-refractivity contribution >= 4 is 10.0 Å². The summed E-state index contributed by atoms with van der Waals surface area (Å²) in [7, 11) is -3.89. The lowest BCUT2D eigenvalue weighted by Gasteiger charge is -2.20. The Morgan fingerprint density at radius 3 is 2.90 bits per heavy atom. The van der Waals surface area contributed by atoms with Crippen LogP contribution in [0.15, 0.2) is 23.1 Å². The van der Waals surface area contributed by atoms with Crippen LogP contribution in [0.5, 0.6) is 0 Å². The molecule has 0 aliphatic carbocycles. The lowest BCUT2D eigenvalue weighted by Crippen LogP contribution is -2.41. The van der Waals surface area contributed by atoms with E-state index in [0.29, 0.717) is 6.61 Å². The molecule has 2 atom stereocenters. The molecule has 0 bridgehead atoms. The number of rotatable bonds is 5. The molecule has 5 nitrogen and oxygen atoms in total. The predicted octanol–water partition coefficient (Wildman–Crippen LogP) is 1.16. The van der Waals surface area contributed by atoms with Gasteiger partial charge >= 0.3 is 0 Å². The maximum Gasteiger partial charge on any atom is 0.241 e. The molecule has 1 saturated heterocycles. The van der Waals surface area contributed by atoms with Gasteiger partial charge in [0.2, 0.25) is 10.0 Å². The Balaban J connectivity index is 2.23. The van der Waals surface area contributed by atoms with Gasteiger partial charge in [-0.3, -0.25) is 0 Å². The molecule has 1 aromatic rings. The minimum absolute atomic E-state index is 0.165. The molecule has 7 heteroatoms. The van der Waals surface area contributed by atoms with E-state index in [1.807, 2.05) is 0 Å². The quantitative estimate of drug-likeness (QED) is 0.856. The second-order valence-electron chi connectivity index (χ2n) is 4.87. The number of nitrogens with one attached hydrogen (secondary N) is 1. The van der Waals surface area contributed by atoms with Gasteiger partial charge in [0.05, 0.1) is 17.6 Å². The Kier molecular flexibility index (Phi) is 4.74. The van der Waals surface area contributed by atoms with Crippen molar-refractivity contribution in [1.82, 2.24) is 4.72 Å². The Hall–Kier alpha value is -1.02. The minimum atomic E-state index is -3.89. The molecule has 2 rings (SSSR count). The standard InChI is InChI=1S/C13H18FNO4S/c1-9(12-3-2-6-19-12)15-20(17,18)13-7-11(14)5-4-10(13)8-16/h4-5,7,9,12,15-16H,2-3,6,8H2,1H3. The Morgan fingerprint density at radius 2 is 2.30 bits per heavy atom. The highest BCUT2D eigenvalue weighted by Crippen LogP contribution is 2.20. The predicted molar refractivity (Wildman–Crippen MR) is 71.1 cm³/mol. The van der Waals surface area contributed by atoms with E-state index in [1.54, 1.807) is 6.92 Å². The first kappa shape index (κ1) is 15.4. The fourth-order valence-corrected chi connectivity index (χ4v) is 3.80. The number of benzene rings is 1. The van der Waals surface area contributed by atoms with Crippen LogP contribution < -0.4 is 4.72 Å². The first-order chi connectivity index (χ1) is 9.44. The highest BCUT2D eigenvalue weighted by atomic mass is 32.2. The van der Waals surface area contributed by atoms with E-state index >= 15 is 0 Å². The van der Waals surface area contributed by atoms with Crippen LogP contribution in [-0.2, 0) is 21.4 Å². The smallest absolute Gasteiger partial charge is 0.241 e. The summed E-state index contributed by atoms with van der Waals surface area (Å²) in [5.74, 6) is -0.660. The van der Waals surface area contributed by atoms with Crippen molar-refractivity contribution in [2.24, 2.45) is 0 Å². The van der Waals surface area contributed by atoms with Crippen molar-refractivity contribution in [3.05, 3.63) is 29.6 Å². The topological polar surface area (TPSA) is 75.6 Å². The zero-order valence-electron chi connectivity index (χ0n) is 11.2. The molecular formula is C13H18FNO4S. The molecule has 1 fully saturated rings. The molecule has 0 spiro atoms. The largest absolute Gasteiger partial charge is 0.392 e. The maximum absolute atomic E-state index is 13.3. The number of aliphatic hydroxyl groups is 1. The molecular weight excluding hydrogens is 285 g/mol. The van der Waals surface area contributed by atoms with Crippen LogP contribution in [0, 0.1) is 5.82 Å². The molecule has 0 saturated carbocycles. The van der Waals surface area contributed by atoms with E-state index in [-0.39, 0.29) is 16.6 Å². The third-order valence-electron chi connectivity index (χ3n) is 3.35. The highest BCUT2D eigenvalue weighted by molar-refractivity contribution is 7.89. The van der Waals surface area contributed by atoms with Crippen molar-refractivity contribution in [3.63, 3.8) is 0 Å². The second kappa shape index (κ2) is 6.17. The number of aliphatic hydroxyl groups excluding tert-OH is 1. The Morgan fingerprint density at radius 1 is 1.55 bits per heavy atom. The van der Waals surface area contributed by atoms with Gasteiger partial charge < -0.3 is 9.84 Å². The molecule has 1 aliphatic heterocycles. The van der Waals surface area contributed by atoms with Gasteiger partial charge in [0.15, 0.2) is 0 Å². The van der Waals surface area contributed by atoms with Crippen LogP contribution in [0.1, 0.15) is 25.3 Å². The third-order valence-corrected chi connectivity index (χ3v) is 4.99. The maximum atomic E-state index is 13.3. The van der Waals surface area contributed by atoms with Crippen molar-refractivity contribution in [1.29, 1.82) is 0 Å². The minimum Gasteiger partial charge on any atom is -0.392 e. The summed E-state index contributed by atoms with van der Waals surface area (Å²) in [5.41, 5.74) is 0.165. The second-order valence-corrected chi connectivity index (χ2v) is 6.55. The summed E-state index contributed by atoms with van der Waals surface area (Å²) < 4.78 is 45.7. The van der Waals surface area contributed by atoms with Crippen LogP contribution in [0.4, 0.5) is 4.39 Å². The normalized spacial score (nSPS) is 21.1. The molecule has 1 aliphatic rings. The molecule has 0 radical (unpaired) electrons. The van der Waals surface area contributed by atoms with Gasteiger partial charge in [-0.2, -0.15) is 0 Å². The SMILES string of the molecule is CC(NS(=O)(=O)c1cc(F)ccc1CO)C1CCCO1. The zero-order valence-corrected chi connectivity index (χ0v) is 12.0. The lowest BCUT2D eigenvalue weighted by atomic mass is 10.1. The van der Waals surface area contributed by atoms with Gasteiger partial charge in [0, 0.05) is 12.6 Å². The van der Waals surface area contributed by atoms with Crippen LogP contribution in [0.25, 0.3) is 0 Å². The van der Waals surface area contributed by atoms with E-state index in [9.17, 15) is 17.9 Å². The van der Waals surface area contributed by atoms with Gasteiger partial charge in [-0.05, 0) is 37.5 Å². The molecule has 20 heavy (non-hydrogen) atoms. The van der Waals surface area contributed by atoms with Crippen molar-refractivity contribution in [2.75, 3.05) is 6.61 Å². The van der Waals surface area contributed by atoms with Crippen LogP contribution in [-0.4, -0.2) is 32.3 Å². The summed E-state index contributed by atoms with van der Waals surface area (Å²) in [6, 6.07) is 2.89. The van der Waals surface area contributed by atoms with Gasteiger partial charge in [0.25, 0.3) is 0 Å². The first-order valence-electron chi connectivity index (χ1n) is 6.47.